The van der Waals surface area contributed by atoms with E-state index in [2.05, 4.69) is 11.7 Å². The van der Waals surface area contributed by atoms with Crippen LogP contribution in [0.2, 0.25) is 0 Å². The maximum absolute atomic E-state index is 10.3. The predicted octanol–water partition coefficient (Wildman–Crippen LogP) is 4.29. The standard InChI is InChI=1S/C19H20N2O2/c1-12(2)16-11-18(14-5-7-15(22)8-6-14)21(20-16)17-9-4-13(3)10-19(17)23/h4-10,18,22-23H,1,11H2,2-3H3. The molecule has 0 saturated carbocycles. The molecule has 2 N–H and O–H groups in total. The lowest BCUT2D eigenvalue weighted by atomic mass is 9.99. The number of benzene rings is 2. The molecule has 3 rings (SSSR count). The van der Waals surface area contributed by atoms with Gasteiger partial charge < -0.3 is 10.2 Å². The van der Waals surface area contributed by atoms with Gasteiger partial charge in [0.15, 0.2) is 0 Å². The number of aromatic hydroxyl groups is 2. The number of nitrogens with zero attached hydrogens (tertiary/aromatic N) is 2. The topological polar surface area (TPSA) is 56.1 Å². The highest BCUT2D eigenvalue weighted by molar-refractivity contribution is 6.02. The fourth-order valence-corrected chi connectivity index (χ4v) is 2.77. The Morgan fingerprint density at radius 2 is 1.87 bits per heavy atom. The van der Waals surface area contributed by atoms with Gasteiger partial charge in [-0.05, 0) is 54.8 Å². The Bertz CT molecular complexity index is 778. The quantitative estimate of drug-likeness (QED) is 0.889. The second kappa shape index (κ2) is 5.80. The second-order valence-electron chi connectivity index (χ2n) is 5.98. The van der Waals surface area contributed by atoms with Crippen LogP contribution in [0.1, 0.15) is 30.5 Å². The molecule has 2 aromatic carbocycles. The van der Waals surface area contributed by atoms with Crippen molar-refractivity contribution in [3.63, 3.8) is 0 Å². The molecular formula is C19H20N2O2. The monoisotopic (exact) mass is 308 g/mol. The maximum atomic E-state index is 10.3. The lowest BCUT2D eigenvalue weighted by Gasteiger charge is -2.25. The van der Waals surface area contributed by atoms with Gasteiger partial charge in [0.25, 0.3) is 0 Å². The first kappa shape index (κ1) is 15.2. The zero-order valence-corrected chi connectivity index (χ0v) is 13.3. The number of hydrogen-bond acceptors (Lipinski definition) is 4. The van der Waals surface area contributed by atoms with Gasteiger partial charge in [-0.3, -0.25) is 5.01 Å². The van der Waals surface area contributed by atoms with Gasteiger partial charge in [0, 0.05) is 6.42 Å². The molecule has 4 nitrogen and oxygen atoms in total. The lowest BCUT2D eigenvalue weighted by molar-refractivity contribution is 0.470. The van der Waals surface area contributed by atoms with E-state index >= 15 is 0 Å². The second-order valence-corrected chi connectivity index (χ2v) is 5.98. The zero-order valence-electron chi connectivity index (χ0n) is 13.3. The van der Waals surface area contributed by atoms with Crippen molar-refractivity contribution in [2.45, 2.75) is 26.3 Å². The molecule has 118 valence electrons. The van der Waals surface area contributed by atoms with Crippen LogP contribution in [0, 0.1) is 6.92 Å². The Balaban J connectivity index is 2.04. The molecule has 0 spiro atoms. The average Bonchev–Trinajstić information content (AvgIpc) is 2.93. The number of rotatable bonds is 3. The summed E-state index contributed by atoms with van der Waals surface area (Å²) in [6.07, 6.45) is 0.716. The highest BCUT2D eigenvalue weighted by Gasteiger charge is 2.30. The molecule has 1 aliphatic rings. The van der Waals surface area contributed by atoms with E-state index in [9.17, 15) is 10.2 Å². The average molecular weight is 308 g/mol. The maximum Gasteiger partial charge on any atom is 0.141 e. The minimum Gasteiger partial charge on any atom is -0.508 e. The Morgan fingerprint density at radius 3 is 2.48 bits per heavy atom. The van der Waals surface area contributed by atoms with E-state index < -0.39 is 0 Å². The molecule has 0 radical (unpaired) electrons. The van der Waals surface area contributed by atoms with Crippen molar-refractivity contribution in [2.75, 3.05) is 5.01 Å². The molecule has 1 aliphatic heterocycles. The minimum absolute atomic E-state index is 0.0316. The van der Waals surface area contributed by atoms with Crippen molar-refractivity contribution >= 4 is 11.4 Å². The van der Waals surface area contributed by atoms with Crippen LogP contribution in [-0.4, -0.2) is 15.9 Å². The number of anilines is 1. The lowest BCUT2D eigenvalue weighted by Crippen LogP contribution is -2.18. The van der Waals surface area contributed by atoms with Crippen molar-refractivity contribution < 1.29 is 10.2 Å². The summed E-state index contributed by atoms with van der Waals surface area (Å²) in [5.41, 5.74) is 4.54. The van der Waals surface area contributed by atoms with E-state index in [0.717, 1.165) is 22.4 Å². The van der Waals surface area contributed by atoms with Crippen LogP contribution >= 0.6 is 0 Å². The smallest absolute Gasteiger partial charge is 0.141 e. The molecule has 23 heavy (non-hydrogen) atoms. The number of phenols is 2. The third kappa shape index (κ3) is 2.93. The van der Waals surface area contributed by atoms with Crippen molar-refractivity contribution in [1.82, 2.24) is 0 Å². The summed E-state index contributed by atoms with van der Waals surface area (Å²) in [4.78, 5) is 0. The van der Waals surface area contributed by atoms with Crippen LogP contribution in [0.5, 0.6) is 11.5 Å². The number of phenolic OH excluding ortho intramolecular Hbond substituents is 2. The molecule has 0 aliphatic carbocycles. The molecule has 1 unspecified atom stereocenters. The summed E-state index contributed by atoms with van der Waals surface area (Å²) in [5, 5.41) is 26.3. The zero-order chi connectivity index (χ0) is 16.6. The summed E-state index contributed by atoms with van der Waals surface area (Å²) in [7, 11) is 0. The molecule has 0 bridgehead atoms. The summed E-state index contributed by atoms with van der Waals surface area (Å²) in [6, 6.07) is 12.6. The minimum atomic E-state index is -0.0316. The Hall–Kier alpha value is -2.75. The summed E-state index contributed by atoms with van der Waals surface area (Å²) in [6.45, 7) is 7.86. The van der Waals surface area contributed by atoms with E-state index in [1.165, 1.54) is 0 Å². The highest BCUT2D eigenvalue weighted by Crippen LogP contribution is 2.40. The van der Waals surface area contributed by atoms with Gasteiger partial charge in [-0.2, -0.15) is 5.10 Å². The van der Waals surface area contributed by atoms with Crippen LogP contribution in [0.25, 0.3) is 0 Å². The molecular weight excluding hydrogens is 288 g/mol. The number of allylic oxidation sites excluding steroid dienone is 1. The molecule has 1 heterocycles. The van der Waals surface area contributed by atoms with Crippen LogP contribution in [0.4, 0.5) is 5.69 Å². The van der Waals surface area contributed by atoms with Crippen molar-refractivity contribution in [1.29, 1.82) is 0 Å². The van der Waals surface area contributed by atoms with Crippen LogP contribution in [0.15, 0.2) is 59.7 Å². The van der Waals surface area contributed by atoms with Gasteiger partial charge in [0.1, 0.15) is 17.2 Å². The Kier molecular flexibility index (Phi) is 3.82. The van der Waals surface area contributed by atoms with Gasteiger partial charge in [-0.25, -0.2) is 0 Å². The van der Waals surface area contributed by atoms with E-state index in [0.29, 0.717) is 12.1 Å². The van der Waals surface area contributed by atoms with Gasteiger partial charge >= 0.3 is 0 Å². The van der Waals surface area contributed by atoms with E-state index in [4.69, 9.17) is 0 Å². The first-order chi connectivity index (χ1) is 11.0. The SMILES string of the molecule is C=C(C)C1=NN(c2ccc(C)cc2O)C(c2ccc(O)cc2)C1. The normalized spacial score (nSPS) is 17.2. The molecule has 0 amide bonds. The third-order valence-corrected chi connectivity index (χ3v) is 4.06. The van der Waals surface area contributed by atoms with E-state index in [1.54, 1.807) is 18.2 Å². The Morgan fingerprint density at radius 1 is 1.17 bits per heavy atom. The van der Waals surface area contributed by atoms with Gasteiger partial charge in [0.2, 0.25) is 0 Å². The molecule has 2 aromatic rings. The van der Waals surface area contributed by atoms with E-state index in [1.807, 2.05) is 43.1 Å². The summed E-state index contributed by atoms with van der Waals surface area (Å²) in [5.74, 6) is 0.443. The van der Waals surface area contributed by atoms with Crippen molar-refractivity contribution in [3.05, 3.63) is 65.7 Å². The largest absolute Gasteiger partial charge is 0.508 e. The summed E-state index contributed by atoms with van der Waals surface area (Å²) >= 11 is 0. The van der Waals surface area contributed by atoms with Crippen molar-refractivity contribution in [2.24, 2.45) is 5.10 Å². The molecule has 0 aromatic heterocycles. The van der Waals surface area contributed by atoms with E-state index in [-0.39, 0.29) is 17.5 Å². The first-order valence-electron chi connectivity index (χ1n) is 7.57. The molecule has 4 heteroatoms. The number of hydrazone groups is 1. The summed E-state index contributed by atoms with van der Waals surface area (Å²) < 4.78 is 0. The molecule has 1 atom stereocenters. The van der Waals surface area contributed by atoms with Crippen LogP contribution in [0.3, 0.4) is 0 Å². The van der Waals surface area contributed by atoms with Gasteiger partial charge in [-0.1, -0.05) is 24.8 Å². The van der Waals surface area contributed by atoms with Crippen LogP contribution < -0.4 is 5.01 Å². The van der Waals surface area contributed by atoms with Gasteiger partial charge in [-0.15, -0.1) is 0 Å². The van der Waals surface area contributed by atoms with Crippen molar-refractivity contribution in [3.8, 4) is 11.5 Å². The molecule has 0 saturated heterocycles. The Labute approximate surface area is 136 Å². The number of aryl methyl sites for hydroxylation is 1. The molecule has 0 fully saturated rings. The van der Waals surface area contributed by atoms with Crippen LogP contribution in [-0.2, 0) is 0 Å². The fraction of sp³-hybridized carbons (Fsp3) is 0.211. The fourth-order valence-electron chi connectivity index (χ4n) is 2.77. The van der Waals surface area contributed by atoms with Gasteiger partial charge in [0.05, 0.1) is 11.8 Å². The first-order valence-corrected chi connectivity index (χ1v) is 7.57. The third-order valence-electron chi connectivity index (χ3n) is 4.06. The highest BCUT2D eigenvalue weighted by atomic mass is 16.3. The number of hydrogen-bond donors (Lipinski definition) is 2. The predicted molar refractivity (Wildman–Crippen MR) is 93.0 cm³/mol.